The summed E-state index contributed by atoms with van der Waals surface area (Å²) >= 11 is 0. The third-order valence-corrected chi connectivity index (χ3v) is 5.64. The van der Waals surface area contributed by atoms with Crippen LogP contribution in [-0.4, -0.2) is 26.9 Å². The second-order valence-electron chi connectivity index (χ2n) is 7.64. The van der Waals surface area contributed by atoms with E-state index in [0.717, 1.165) is 50.1 Å². The first-order chi connectivity index (χ1) is 15.7. The number of fused-ring (bicyclic) bond motifs is 3. The fourth-order valence-corrected chi connectivity index (χ4v) is 4.08. The molecule has 0 aliphatic heterocycles. The number of benzene rings is 2. The average molecular weight is 421 g/mol. The molecule has 0 saturated heterocycles. The molecule has 2 aromatic carbocycles. The number of aromatic nitrogens is 3. The molecule has 0 amide bonds. The van der Waals surface area contributed by atoms with Crippen molar-refractivity contribution in [3.05, 3.63) is 84.8 Å². The van der Waals surface area contributed by atoms with Crippen LogP contribution in [0, 0.1) is 0 Å². The lowest BCUT2D eigenvalue weighted by atomic mass is 10.1. The van der Waals surface area contributed by atoms with Gasteiger partial charge in [-0.15, -0.1) is 0 Å². The third-order valence-electron chi connectivity index (χ3n) is 5.64. The van der Waals surface area contributed by atoms with Gasteiger partial charge in [-0.2, -0.15) is 0 Å². The SMILES string of the molecule is CCOC(=O)c1cc2cc(-c3cnc4cc(-c5cc6ccccc6o5)ccn34)ccc2[nH]1. The fourth-order valence-electron chi connectivity index (χ4n) is 4.08. The molecule has 1 N–H and O–H groups in total. The molecule has 0 radical (unpaired) electrons. The quantitative estimate of drug-likeness (QED) is 0.351. The number of rotatable bonds is 4. The number of nitrogens with zero attached hydrogens (tertiary/aromatic N) is 2. The monoisotopic (exact) mass is 421 g/mol. The van der Waals surface area contributed by atoms with Gasteiger partial charge in [0.25, 0.3) is 0 Å². The van der Waals surface area contributed by atoms with Crippen LogP contribution in [0.4, 0.5) is 0 Å². The average Bonchev–Trinajstić information content (AvgIpc) is 3.53. The summed E-state index contributed by atoms with van der Waals surface area (Å²) in [5.74, 6) is 0.469. The van der Waals surface area contributed by atoms with Gasteiger partial charge in [-0.3, -0.25) is 4.40 Å². The van der Waals surface area contributed by atoms with Crippen molar-refractivity contribution in [2.75, 3.05) is 6.61 Å². The molecule has 6 rings (SSSR count). The van der Waals surface area contributed by atoms with Gasteiger partial charge in [-0.25, -0.2) is 9.78 Å². The number of carbonyl (C=O) groups is 1. The lowest BCUT2D eigenvalue weighted by molar-refractivity contribution is 0.0520. The van der Waals surface area contributed by atoms with E-state index >= 15 is 0 Å². The van der Waals surface area contributed by atoms with Crippen LogP contribution in [0.5, 0.6) is 0 Å². The van der Waals surface area contributed by atoms with E-state index in [1.165, 1.54) is 0 Å². The van der Waals surface area contributed by atoms with E-state index in [2.05, 4.69) is 9.97 Å². The minimum atomic E-state index is -0.349. The molecule has 0 atom stereocenters. The molecule has 4 aromatic heterocycles. The number of ether oxygens (including phenoxy) is 1. The number of imidazole rings is 1. The Balaban J connectivity index is 1.39. The summed E-state index contributed by atoms with van der Waals surface area (Å²) in [7, 11) is 0. The smallest absolute Gasteiger partial charge is 0.354 e. The van der Waals surface area contributed by atoms with Crippen LogP contribution >= 0.6 is 0 Å². The van der Waals surface area contributed by atoms with Crippen molar-refractivity contribution < 1.29 is 13.9 Å². The molecule has 4 heterocycles. The van der Waals surface area contributed by atoms with Crippen LogP contribution in [0.25, 0.3) is 50.1 Å². The Morgan fingerprint density at radius 2 is 1.94 bits per heavy atom. The first-order valence-corrected chi connectivity index (χ1v) is 10.5. The van der Waals surface area contributed by atoms with Gasteiger partial charge in [-0.05, 0) is 49.4 Å². The standard InChI is InChI=1S/C26H19N3O3/c1-2-31-26(30)21-12-19-11-16(7-8-20(19)28-21)22-15-27-25-14-18(9-10-29(22)25)24-13-17-5-3-4-6-23(17)32-24/h3-15,28H,2H2,1H3. The molecular weight excluding hydrogens is 402 g/mol. The third kappa shape index (κ3) is 2.96. The lowest BCUT2D eigenvalue weighted by Gasteiger charge is -2.04. The Hall–Kier alpha value is -4.32. The van der Waals surface area contributed by atoms with E-state index in [0.29, 0.717) is 12.3 Å². The lowest BCUT2D eigenvalue weighted by Crippen LogP contribution is -2.04. The van der Waals surface area contributed by atoms with Crippen LogP contribution in [0.15, 0.2) is 83.5 Å². The molecule has 6 aromatic rings. The van der Waals surface area contributed by atoms with E-state index in [-0.39, 0.29) is 5.97 Å². The van der Waals surface area contributed by atoms with E-state index in [9.17, 15) is 4.79 Å². The fraction of sp³-hybridized carbons (Fsp3) is 0.0769. The molecule has 0 aliphatic carbocycles. The van der Waals surface area contributed by atoms with E-state index in [1.54, 1.807) is 6.92 Å². The number of para-hydroxylation sites is 1. The summed E-state index contributed by atoms with van der Waals surface area (Å²) in [6.07, 6.45) is 3.86. The Labute approximate surface area is 183 Å². The maximum atomic E-state index is 12.0. The second kappa shape index (κ2) is 7.13. The van der Waals surface area contributed by atoms with Gasteiger partial charge >= 0.3 is 5.97 Å². The van der Waals surface area contributed by atoms with Crippen LogP contribution in [0.2, 0.25) is 0 Å². The highest BCUT2D eigenvalue weighted by atomic mass is 16.5. The molecule has 0 saturated carbocycles. The van der Waals surface area contributed by atoms with Crippen LogP contribution in [0.1, 0.15) is 17.4 Å². The summed E-state index contributed by atoms with van der Waals surface area (Å²) in [6, 6.07) is 21.9. The number of hydrogen-bond donors (Lipinski definition) is 1. The van der Waals surface area contributed by atoms with Gasteiger partial charge in [-0.1, -0.05) is 24.3 Å². The van der Waals surface area contributed by atoms with Gasteiger partial charge in [0.1, 0.15) is 22.7 Å². The number of aromatic amines is 1. The summed E-state index contributed by atoms with van der Waals surface area (Å²) in [4.78, 5) is 19.8. The van der Waals surface area contributed by atoms with Gasteiger partial charge in [0.05, 0.1) is 18.5 Å². The predicted octanol–water partition coefficient (Wildman–Crippen LogP) is 6.07. The Kier molecular flexibility index (Phi) is 4.11. The topological polar surface area (TPSA) is 72.5 Å². The van der Waals surface area contributed by atoms with Crippen molar-refractivity contribution in [1.82, 2.24) is 14.4 Å². The van der Waals surface area contributed by atoms with Crippen LogP contribution in [-0.2, 0) is 4.74 Å². The number of furan rings is 1. The van der Waals surface area contributed by atoms with Crippen molar-refractivity contribution in [2.24, 2.45) is 0 Å². The molecule has 6 nitrogen and oxygen atoms in total. The summed E-state index contributed by atoms with van der Waals surface area (Å²) in [6.45, 7) is 2.14. The summed E-state index contributed by atoms with van der Waals surface area (Å²) in [5.41, 5.74) is 6.00. The zero-order valence-corrected chi connectivity index (χ0v) is 17.3. The number of hydrogen-bond acceptors (Lipinski definition) is 4. The van der Waals surface area contributed by atoms with Crippen LogP contribution in [0.3, 0.4) is 0 Å². The van der Waals surface area contributed by atoms with Crippen LogP contribution < -0.4 is 0 Å². The van der Waals surface area contributed by atoms with Crippen molar-refractivity contribution >= 4 is 33.5 Å². The number of carbonyl (C=O) groups excluding carboxylic acids is 1. The Morgan fingerprint density at radius 3 is 2.81 bits per heavy atom. The van der Waals surface area contributed by atoms with Gasteiger partial charge in [0.15, 0.2) is 0 Å². The Morgan fingerprint density at radius 1 is 1.03 bits per heavy atom. The minimum absolute atomic E-state index is 0.345. The van der Waals surface area contributed by atoms with E-state index in [1.807, 2.05) is 83.5 Å². The predicted molar refractivity (Wildman–Crippen MR) is 124 cm³/mol. The molecule has 0 bridgehead atoms. The number of esters is 1. The van der Waals surface area contributed by atoms with Gasteiger partial charge in [0.2, 0.25) is 0 Å². The van der Waals surface area contributed by atoms with Crippen molar-refractivity contribution in [2.45, 2.75) is 6.92 Å². The second-order valence-corrected chi connectivity index (χ2v) is 7.64. The normalized spacial score (nSPS) is 11.5. The summed E-state index contributed by atoms with van der Waals surface area (Å²) < 4.78 is 13.1. The molecule has 156 valence electrons. The zero-order chi connectivity index (χ0) is 21.7. The molecule has 0 spiro atoms. The maximum Gasteiger partial charge on any atom is 0.354 e. The molecular formula is C26H19N3O3. The van der Waals surface area contributed by atoms with Crippen molar-refractivity contribution in [3.63, 3.8) is 0 Å². The highest BCUT2D eigenvalue weighted by Gasteiger charge is 2.13. The summed E-state index contributed by atoms with van der Waals surface area (Å²) in [5, 5.41) is 2.02. The van der Waals surface area contributed by atoms with Crippen molar-refractivity contribution in [3.8, 4) is 22.6 Å². The molecule has 0 unspecified atom stereocenters. The molecule has 32 heavy (non-hydrogen) atoms. The number of nitrogens with one attached hydrogen (secondary N) is 1. The molecule has 6 heteroatoms. The minimum Gasteiger partial charge on any atom is -0.461 e. The maximum absolute atomic E-state index is 12.0. The highest BCUT2D eigenvalue weighted by molar-refractivity contribution is 5.96. The largest absolute Gasteiger partial charge is 0.461 e. The Bertz CT molecular complexity index is 1590. The van der Waals surface area contributed by atoms with Gasteiger partial charge < -0.3 is 14.1 Å². The number of H-pyrrole nitrogens is 1. The van der Waals surface area contributed by atoms with E-state index in [4.69, 9.17) is 9.15 Å². The zero-order valence-electron chi connectivity index (χ0n) is 17.3. The first-order valence-electron chi connectivity index (χ1n) is 10.5. The number of pyridine rings is 1. The van der Waals surface area contributed by atoms with Gasteiger partial charge in [0, 0.05) is 33.6 Å². The molecule has 0 aliphatic rings. The van der Waals surface area contributed by atoms with E-state index < -0.39 is 0 Å². The molecule has 0 fully saturated rings. The van der Waals surface area contributed by atoms with Crippen molar-refractivity contribution in [1.29, 1.82) is 0 Å². The highest BCUT2D eigenvalue weighted by Crippen LogP contribution is 2.30. The first kappa shape index (κ1) is 18.4.